The molecule has 2 N–H and O–H groups in total. The molecular weight excluding hydrogens is 242 g/mol. The Balaban J connectivity index is 2.31. The van der Waals surface area contributed by atoms with Crippen LogP contribution in [0.1, 0.15) is 19.5 Å². The smallest absolute Gasteiger partial charge is 0.270 e. The maximum atomic E-state index is 10.7. The van der Waals surface area contributed by atoms with Gasteiger partial charge >= 0.3 is 0 Å². The van der Waals surface area contributed by atoms with E-state index in [1.165, 1.54) is 12.1 Å². The van der Waals surface area contributed by atoms with Crippen LogP contribution in [0.5, 0.6) is 0 Å². The molecule has 1 atom stereocenters. The molecule has 0 saturated heterocycles. The van der Waals surface area contributed by atoms with Gasteiger partial charge in [0.15, 0.2) is 0 Å². The van der Waals surface area contributed by atoms with Crippen molar-refractivity contribution >= 4 is 16.6 Å². The van der Waals surface area contributed by atoms with E-state index in [1.54, 1.807) is 6.07 Å². The van der Waals surface area contributed by atoms with Gasteiger partial charge in [-0.15, -0.1) is 0 Å². The van der Waals surface area contributed by atoms with Gasteiger partial charge < -0.3 is 5.73 Å². The molecule has 1 aromatic carbocycles. The van der Waals surface area contributed by atoms with Gasteiger partial charge in [-0.2, -0.15) is 0 Å². The molecule has 0 aliphatic carbocycles. The minimum Gasteiger partial charge on any atom is -0.327 e. The maximum absolute atomic E-state index is 10.7. The van der Waals surface area contributed by atoms with Gasteiger partial charge in [-0.05, 0) is 18.1 Å². The second-order valence-electron chi connectivity index (χ2n) is 5.05. The fraction of sp³-hybridized carbons (Fsp3) is 0.357. The van der Waals surface area contributed by atoms with E-state index in [0.29, 0.717) is 12.3 Å². The lowest BCUT2D eigenvalue weighted by molar-refractivity contribution is -0.384. The first-order valence-corrected chi connectivity index (χ1v) is 6.27. The summed E-state index contributed by atoms with van der Waals surface area (Å²) in [6.45, 7) is 4.16. The van der Waals surface area contributed by atoms with Gasteiger partial charge in [0.05, 0.1) is 10.4 Å². The number of fused-ring (bicyclic) bond motifs is 1. The van der Waals surface area contributed by atoms with Crippen molar-refractivity contribution in [2.45, 2.75) is 26.3 Å². The molecule has 0 fully saturated rings. The highest BCUT2D eigenvalue weighted by Gasteiger charge is 2.11. The quantitative estimate of drug-likeness (QED) is 0.676. The van der Waals surface area contributed by atoms with Crippen molar-refractivity contribution in [2.75, 3.05) is 0 Å². The number of nitrogens with zero attached hydrogens (tertiary/aromatic N) is 2. The Hall–Kier alpha value is -2.01. The average Bonchev–Trinajstić information content (AvgIpc) is 2.37. The molecule has 0 spiro atoms. The van der Waals surface area contributed by atoms with Crippen molar-refractivity contribution in [3.8, 4) is 0 Å². The number of nitro benzene ring substituents is 1. The van der Waals surface area contributed by atoms with E-state index in [-0.39, 0.29) is 11.7 Å². The van der Waals surface area contributed by atoms with E-state index < -0.39 is 4.92 Å². The molecule has 0 amide bonds. The Morgan fingerprint density at radius 3 is 2.68 bits per heavy atom. The van der Waals surface area contributed by atoms with Crippen molar-refractivity contribution in [2.24, 2.45) is 11.7 Å². The summed E-state index contributed by atoms with van der Waals surface area (Å²) < 4.78 is 0. The molecular formula is C14H17N3O2. The van der Waals surface area contributed by atoms with Crippen LogP contribution in [0.25, 0.3) is 10.9 Å². The van der Waals surface area contributed by atoms with E-state index >= 15 is 0 Å². The summed E-state index contributed by atoms with van der Waals surface area (Å²) in [6.07, 6.45) is 0.713. The first-order chi connectivity index (χ1) is 8.97. The standard InChI is InChI=1S/C14H17N3O2/c1-9(2)13(15)8-11-4-3-10-7-12(17(18)19)5-6-14(10)16-11/h3-7,9,13H,8,15H2,1-2H3. The zero-order valence-corrected chi connectivity index (χ0v) is 11.0. The highest BCUT2D eigenvalue weighted by Crippen LogP contribution is 2.20. The first-order valence-electron chi connectivity index (χ1n) is 6.27. The normalized spacial score (nSPS) is 12.8. The van der Waals surface area contributed by atoms with E-state index in [1.807, 2.05) is 12.1 Å². The molecule has 1 heterocycles. The minimum atomic E-state index is -0.401. The Morgan fingerprint density at radius 2 is 2.05 bits per heavy atom. The Morgan fingerprint density at radius 1 is 1.32 bits per heavy atom. The van der Waals surface area contributed by atoms with Crippen LogP contribution in [0, 0.1) is 16.0 Å². The first kappa shape index (κ1) is 13.4. The number of benzene rings is 1. The number of rotatable bonds is 4. The molecule has 0 bridgehead atoms. The topological polar surface area (TPSA) is 82.0 Å². The molecule has 5 heteroatoms. The van der Waals surface area contributed by atoms with Crippen LogP contribution >= 0.6 is 0 Å². The summed E-state index contributed by atoms with van der Waals surface area (Å²) in [5.41, 5.74) is 7.79. The molecule has 1 aromatic heterocycles. The van der Waals surface area contributed by atoms with Gasteiger partial charge in [-0.25, -0.2) is 0 Å². The summed E-state index contributed by atoms with van der Waals surface area (Å²) in [5.74, 6) is 0.398. The van der Waals surface area contributed by atoms with E-state index in [2.05, 4.69) is 18.8 Å². The van der Waals surface area contributed by atoms with Gasteiger partial charge in [0.1, 0.15) is 0 Å². The molecule has 2 aromatic rings. The number of hydrogen-bond acceptors (Lipinski definition) is 4. The monoisotopic (exact) mass is 259 g/mol. The van der Waals surface area contributed by atoms with Crippen LogP contribution in [-0.4, -0.2) is 15.9 Å². The Kier molecular flexibility index (Phi) is 3.76. The largest absolute Gasteiger partial charge is 0.327 e. The lowest BCUT2D eigenvalue weighted by Crippen LogP contribution is -2.29. The van der Waals surface area contributed by atoms with Crippen LogP contribution in [0.15, 0.2) is 30.3 Å². The molecule has 0 aliphatic heterocycles. The summed E-state index contributed by atoms with van der Waals surface area (Å²) in [7, 11) is 0. The Labute approximate surface area is 111 Å². The van der Waals surface area contributed by atoms with Crippen molar-refractivity contribution in [3.05, 3.63) is 46.1 Å². The van der Waals surface area contributed by atoms with Crippen LogP contribution in [-0.2, 0) is 6.42 Å². The van der Waals surface area contributed by atoms with Crippen molar-refractivity contribution in [1.29, 1.82) is 0 Å². The summed E-state index contributed by atoms with van der Waals surface area (Å²) in [6, 6.07) is 8.50. The lowest BCUT2D eigenvalue weighted by Gasteiger charge is -2.15. The van der Waals surface area contributed by atoms with E-state index in [0.717, 1.165) is 16.6 Å². The molecule has 1 unspecified atom stereocenters. The third-order valence-corrected chi connectivity index (χ3v) is 3.24. The molecule has 0 saturated carbocycles. The maximum Gasteiger partial charge on any atom is 0.270 e. The van der Waals surface area contributed by atoms with Crippen molar-refractivity contribution in [1.82, 2.24) is 4.98 Å². The van der Waals surface area contributed by atoms with Gasteiger partial charge in [0.2, 0.25) is 0 Å². The SMILES string of the molecule is CC(C)C(N)Cc1ccc2cc([N+](=O)[O-])ccc2n1. The third-order valence-electron chi connectivity index (χ3n) is 3.24. The number of nitrogens with two attached hydrogens (primary N) is 1. The summed E-state index contributed by atoms with van der Waals surface area (Å²) in [5, 5.41) is 11.5. The summed E-state index contributed by atoms with van der Waals surface area (Å²) in [4.78, 5) is 14.8. The molecule has 100 valence electrons. The highest BCUT2D eigenvalue weighted by molar-refractivity contribution is 5.81. The van der Waals surface area contributed by atoms with Crippen LogP contribution in [0.2, 0.25) is 0 Å². The Bertz CT molecular complexity index is 611. The van der Waals surface area contributed by atoms with Crippen molar-refractivity contribution in [3.63, 3.8) is 0 Å². The van der Waals surface area contributed by atoms with E-state index in [9.17, 15) is 10.1 Å². The summed E-state index contributed by atoms with van der Waals surface area (Å²) >= 11 is 0. The van der Waals surface area contributed by atoms with Gasteiger partial charge in [-0.1, -0.05) is 19.9 Å². The number of nitro groups is 1. The number of non-ortho nitro benzene ring substituents is 1. The zero-order valence-electron chi connectivity index (χ0n) is 11.0. The van der Waals surface area contributed by atoms with Crippen LogP contribution in [0.4, 0.5) is 5.69 Å². The van der Waals surface area contributed by atoms with Gasteiger partial charge in [-0.3, -0.25) is 15.1 Å². The molecule has 0 radical (unpaired) electrons. The average molecular weight is 259 g/mol. The molecule has 19 heavy (non-hydrogen) atoms. The molecule has 5 nitrogen and oxygen atoms in total. The molecule has 2 rings (SSSR count). The van der Waals surface area contributed by atoms with Crippen LogP contribution in [0.3, 0.4) is 0 Å². The predicted octanol–water partition coefficient (Wildman–Crippen LogP) is 2.67. The lowest BCUT2D eigenvalue weighted by atomic mass is 10.00. The third kappa shape index (κ3) is 3.06. The second kappa shape index (κ2) is 5.32. The fourth-order valence-electron chi connectivity index (χ4n) is 1.86. The number of hydrogen-bond donors (Lipinski definition) is 1. The predicted molar refractivity (Wildman–Crippen MR) is 74.9 cm³/mol. The second-order valence-corrected chi connectivity index (χ2v) is 5.05. The zero-order chi connectivity index (χ0) is 14.0. The fourth-order valence-corrected chi connectivity index (χ4v) is 1.86. The minimum absolute atomic E-state index is 0.0722. The van der Waals surface area contributed by atoms with Gasteiger partial charge in [0, 0.05) is 35.7 Å². The molecule has 0 aliphatic rings. The number of aromatic nitrogens is 1. The van der Waals surface area contributed by atoms with Crippen molar-refractivity contribution < 1.29 is 4.92 Å². The van der Waals surface area contributed by atoms with E-state index in [4.69, 9.17) is 5.73 Å². The van der Waals surface area contributed by atoms with Gasteiger partial charge in [0.25, 0.3) is 5.69 Å². The van der Waals surface area contributed by atoms with Crippen LogP contribution < -0.4 is 5.73 Å². The highest BCUT2D eigenvalue weighted by atomic mass is 16.6. The number of pyridine rings is 1.